The van der Waals surface area contributed by atoms with Gasteiger partial charge in [0.2, 0.25) is 0 Å². The highest BCUT2D eigenvalue weighted by Gasteiger charge is 2.30. The number of amides is 1. The molecule has 1 amide bonds. The number of carbonyl (C=O) groups is 1. The van der Waals surface area contributed by atoms with E-state index in [0.717, 1.165) is 12.1 Å². The van der Waals surface area contributed by atoms with E-state index < -0.39 is 17.6 Å². The van der Waals surface area contributed by atoms with Crippen molar-refractivity contribution in [2.45, 2.75) is 6.18 Å². The fraction of sp³-hybridized carbons (Fsp3) is 0.176. The van der Waals surface area contributed by atoms with Gasteiger partial charge in [-0.15, -0.1) is 0 Å². The van der Waals surface area contributed by atoms with E-state index in [0.29, 0.717) is 17.1 Å². The predicted molar refractivity (Wildman–Crippen MR) is 86.8 cm³/mol. The summed E-state index contributed by atoms with van der Waals surface area (Å²) in [5, 5.41) is 6.92. The molecule has 0 aliphatic carbocycles. The first-order valence-electron chi connectivity index (χ1n) is 7.49. The second kappa shape index (κ2) is 7.04. The van der Waals surface area contributed by atoms with E-state index in [1.807, 2.05) is 0 Å². The van der Waals surface area contributed by atoms with E-state index in [1.165, 1.54) is 30.2 Å². The molecular formula is C17H14F3N3O3. The average molecular weight is 365 g/mol. The minimum atomic E-state index is -4.43. The first-order valence-corrected chi connectivity index (χ1v) is 7.49. The van der Waals surface area contributed by atoms with Crippen LogP contribution in [-0.2, 0) is 15.7 Å². The van der Waals surface area contributed by atoms with Gasteiger partial charge in [-0.2, -0.15) is 18.3 Å². The fourth-order valence-electron chi connectivity index (χ4n) is 2.31. The Hall–Kier alpha value is -3.07. The van der Waals surface area contributed by atoms with Crippen LogP contribution in [0.5, 0.6) is 0 Å². The van der Waals surface area contributed by atoms with Crippen molar-refractivity contribution in [1.29, 1.82) is 0 Å². The number of anilines is 1. The van der Waals surface area contributed by atoms with Gasteiger partial charge in [0.25, 0.3) is 5.91 Å². The molecule has 26 heavy (non-hydrogen) atoms. The summed E-state index contributed by atoms with van der Waals surface area (Å²) in [5.41, 5.74) is -0.00392. The Labute approximate surface area is 146 Å². The lowest BCUT2D eigenvalue weighted by Crippen LogP contribution is -2.19. The standard InChI is InChI=1S/C17H14F3N3O3/c1-25-10-16(24)21-15-9-13(14-3-2-8-26-14)22-23(15)12-6-4-11(5-7-12)17(18,19)20/h2-9H,10H2,1H3,(H,21,24). The van der Waals surface area contributed by atoms with Gasteiger partial charge in [-0.3, -0.25) is 4.79 Å². The molecule has 1 aromatic carbocycles. The van der Waals surface area contributed by atoms with E-state index in [-0.39, 0.29) is 12.4 Å². The van der Waals surface area contributed by atoms with Crippen molar-refractivity contribution < 1.29 is 27.1 Å². The summed E-state index contributed by atoms with van der Waals surface area (Å²) in [5.74, 6) is 0.308. The third-order valence-corrected chi connectivity index (χ3v) is 3.47. The number of hydrogen-bond donors (Lipinski definition) is 1. The molecule has 0 radical (unpaired) electrons. The molecule has 0 aliphatic heterocycles. The number of rotatable bonds is 5. The van der Waals surface area contributed by atoms with Crippen LogP contribution in [0.2, 0.25) is 0 Å². The molecule has 0 saturated carbocycles. The highest BCUT2D eigenvalue weighted by molar-refractivity contribution is 5.91. The summed E-state index contributed by atoms with van der Waals surface area (Å²) in [6, 6.07) is 9.36. The van der Waals surface area contributed by atoms with E-state index in [4.69, 9.17) is 9.15 Å². The monoisotopic (exact) mass is 365 g/mol. The Morgan fingerprint density at radius 1 is 1.27 bits per heavy atom. The molecule has 6 nitrogen and oxygen atoms in total. The number of halogens is 3. The molecule has 1 N–H and O–H groups in total. The van der Waals surface area contributed by atoms with Crippen LogP contribution in [0.1, 0.15) is 5.56 Å². The molecule has 136 valence electrons. The lowest BCUT2D eigenvalue weighted by Gasteiger charge is -2.10. The zero-order chi connectivity index (χ0) is 18.7. The van der Waals surface area contributed by atoms with Gasteiger partial charge in [-0.1, -0.05) is 0 Å². The number of aromatic nitrogens is 2. The first kappa shape index (κ1) is 17.7. The summed E-state index contributed by atoms with van der Waals surface area (Å²) in [6.07, 6.45) is -2.97. The van der Waals surface area contributed by atoms with Crippen LogP contribution in [0.3, 0.4) is 0 Å². The van der Waals surface area contributed by atoms with Crippen LogP contribution in [0.4, 0.5) is 19.0 Å². The Balaban J connectivity index is 1.99. The Morgan fingerprint density at radius 3 is 2.58 bits per heavy atom. The van der Waals surface area contributed by atoms with E-state index >= 15 is 0 Å². The maximum Gasteiger partial charge on any atom is 0.416 e. The molecule has 0 bridgehead atoms. The molecule has 0 saturated heterocycles. The zero-order valence-electron chi connectivity index (χ0n) is 13.6. The van der Waals surface area contributed by atoms with Crippen molar-refractivity contribution in [3.8, 4) is 17.1 Å². The molecule has 2 heterocycles. The third kappa shape index (κ3) is 3.77. The minimum Gasteiger partial charge on any atom is -0.463 e. The molecule has 0 unspecified atom stereocenters. The Kier molecular flexibility index (Phi) is 4.81. The SMILES string of the molecule is COCC(=O)Nc1cc(-c2ccco2)nn1-c1ccc(C(F)(F)F)cc1. The summed E-state index contributed by atoms with van der Waals surface area (Å²) >= 11 is 0. The number of hydrogen-bond acceptors (Lipinski definition) is 4. The van der Waals surface area contributed by atoms with Crippen LogP contribution in [0.15, 0.2) is 53.1 Å². The Morgan fingerprint density at radius 2 is 2.00 bits per heavy atom. The average Bonchev–Trinajstić information content (AvgIpc) is 3.24. The van der Waals surface area contributed by atoms with Gasteiger partial charge in [0.05, 0.1) is 17.5 Å². The quantitative estimate of drug-likeness (QED) is 0.748. The van der Waals surface area contributed by atoms with E-state index in [1.54, 1.807) is 18.2 Å². The van der Waals surface area contributed by atoms with Gasteiger partial charge in [-0.25, -0.2) is 4.68 Å². The van der Waals surface area contributed by atoms with Crippen LogP contribution in [-0.4, -0.2) is 29.4 Å². The number of benzene rings is 1. The van der Waals surface area contributed by atoms with Crippen LogP contribution < -0.4 is 5.32 Å². The predicted octanol–water partition coefficient (Wildman–Crippen LogP) is 3.74. The second-order valence-electron chi connectivity index (χ2n) is 5.33. The highest BCUT2D eigenvalue weighted by atomic mass is 19.4. The highest BCUT2D eigenvalue weighted by Crippen LogP contribution is 2.31. The fourth-order valence-corrected chi connectivity index (χ4v) is 2.31. The maximum absolute atomic E-state index is 12.7. The van der Waals surface area contributed by atoms with Crippen molar-refractivity contribution >= 4 is 11.7 Å². The molecule has 0 aliphatic rings. The van der Waals surface area contributed by atoms with Gasteiger partial charge >= 0.3 is 6.18 Å². The minimum absolute atomic E-state index is 0.172. The lowest BCUT2D eigenvalue weighted by molar-refractivity contribution is -0.137. The van der Waals surface area contributed by atoms with Crippen LogP contribution in [0, 0.1) is 0 Å². The topological polar surface area (TPSA) is 69.3 Å². The van der Waals surface area contributed by atoms with Gasteiger partial charge in [0, 0.05) is 13.2 Å². The number of ether oxygens (including phenoxy) is 1. The molecule has 9 heteroatoms. The van der Waals surface area contributed by atoms with Gasteiger partial charge in [0.15, 0.2) is 5.76 Å². The number of carbonyl (C=O) groups excluding carboxylic acids is 1. The summed E-state index contributed by atoms with van der Waals surface area (Å²) in [7, 11) is 1.38. The molecule has 0 spiro atoms. The number of nitrogens with zero attached hydrogens (tertiary/aromatic N) is 2. The van der Waals surface area contributed by atoms with Gasteiger partial charge < -0.3 is 14.5 Å². The van der Waals surface area contributed by atoms with Crippen molar-refractivity contribution in [2.75, 3.05) is 19.0 Å². The summed E-state index contributed by atoms with van der Waals surface area (Å²) in [6.45, 7) is -0.172. The van der Waals surface area contributed by atoms with Crippen molar-refractivity contribution in [1.82, 2.24) is 9.78 Å². The van der Waals surface area contributed by atoms with Crippen molar-refractivity contribution in [2.24, 2.45) is 0 Å². The number of furan rings is 1. The third-order valence-electron chi connectivity index (χ3n) is 3.47. The van der Waals surface area contributed by atoms with Gasteiger partial charge in [0.1, 0.15) is 18.1 Å². The normalized spacial score (nSPS) is 11.5. The van der Waals surface area contributed by atoms with Crippen molar-refractivity contribution in [3.05, 3.63) is 54.3 Å². The molecule has 2 aromatic heterocycles. The molecule has 3 rings (SSSR count). The number of methoxy groups -OCH3 is 1. The van der Waals surface area contributed by atoms with Crippen molar-refractivity contribution in [3.63, 3.8) is 0 Å². The molecule has 3 aromatic rings. The summed E-state index contributed by atoms with van der Waals surface area (Å²) < 4.78 is 49.6. The van der Waals surface area contributed by atoms with Crippen LogP contribution >= 0.6 is 0 Å². The van der Waals surface area contributed by atoms with E-state index in [9.17, 15) is 18.0 Å². The smallest absolute Gasteiger partial charge is 0.416 e. The number of nitrogens with one attached hydrogen (secondary N) is 1. The Bertz CT molecular complexity index is 884. The summed E-state index contributed by atoms with van der Waals surface area (Å²) in [4.78, 5) is 11.8. The number of alkyl halides is 3. The first-order chi connectivity index (χ1) is 12.4. The lowest BCUT2D eigenvalue weighted by atomic mass is 10.2. The van der Waals surface area contributed by atoms with Crippen LogP contribution in [0.25, 0.3) is 17.1 Å². The molecular weight excluding hydrogens is 351 g/mol. The second-order valence-corrected chi connectivity index (χ2v) is 5.33. The van der Waals surface area contributed by atoms with Gasteiger partial charge in [-0.05, 0) is 36.4 Å². The van der Waals surface area contributed by atoms with E-state index in [2.05, 4.69) is 10.4 Å². The molecule has 0 fully saturated rings. The maximum atomic E-state index is 12.7. The zero-order valence-corrected chi connectivity index (χ0v) is 13.6. The molecule has 0 atom stereocenters. The largest absolute Gasteiger partial charge is 0.463 e.